The molecule has 0 amide bonds. The van der Waals surface area contributed by atoms with Crippen LogP contribution in [-0.4, -0.2) is 32.8 Å². The second kappa shape index (κ2) is 8.19. The van der Waals surface area contributed by atoms with Gasteiger partial charge < -0.3 is 15.4 Å². The molecule has 102 valence electrons. The first-order valence-electron chi connectivity index (χ1n) is 6.31. The summed E-state index contributed by atoms with van der Waals surface area (Å²) in [5.41, 5.74) is 1.80. The Labute approximate surface area is 109 Å². The van der Waals surface area contributed by atoms with E-state index in [9.17, 15) is 4.39 Å². The number of halogens is 1. The fourth-order valence-electron chi connectivity index (χ4n) is 1.67. The van der Waals surface area contributed by atoms with Crippen LogP contribution in [0.15, 0.2) is 18.2 Å². The number of rotatable bonds is 8. The van der Waals surface area contributed by atoms with Crippen LogP contribution in [0.1, 0.15) is 18.1 Å². The van der Waals surface area contributed by atoms with Gasteiger partial charge in [-0.1, -0.05) is 12.1 Å². The van der Waals surface area contributed by atoms with Crippen LogP contribution in [0, 0.1) is 12.7 Å². The van der Waals surface area contributed by atoms with E-state index in [2.05, 4.69) is 17.6 Å². The molecule has 1 rings (SSSR count). The molecule has 0 aliphatic carbocycles. The lowest BCUT2D eigenvalue weighted by Gasteiger charge is -2.15. The molecule has 0 aliphatic rings. The van der Waals surface area contributed by atoms with Gasteiger partial charge in [-0.15, -0.1) is 0 Å². The molecule has 0 saturated carbocycles. The molecule has 0 aliphatic heterocycles. The topological polar surface area (TPSA) is 33.3 Å². The van der Waals surface area contributed by atoms with Crippen LogP contribution in [-0.2, 0) is 11.3 Å². The SMILES string of the molecule is COCCNCC(C)NCc1ccc(F)c(C)c1. The first kappa shape index (κ1) is 15.1. The highest BCUT2D eigenvalue weighted by molar-refractivity contribution is 5.23. The van der Waals surface area contributed by atoms with Gasteiger partial charge in [0.2, 0.25) is 0 Å². The average Bonchev–Trinajstić information content (AvgIpc) is 2.36. The Kier molecular flexibility index (Phi) is 6.86. The molecular formula is C14H23FN2O. The molecule has 0 fully saturated rings. The van der Waals surface area contributed by atoms with Gasteiger partial charge in [0.25, 0.3) is 0 Å². The Bertz CT molecular complexity index is 358. The maximum absolute atomic E-state index is 13.1. The van der Waals surface area contributed by atoms with Crippen molar-refractivity contribution in [3.05, 3.63) is 35.1 Å². The van der Waals surface area contributed by atoms with E-state index in [-0.39, 0.29) is 5.82 Å². The van der Waals surface area contributed by atoms with Crippen molar-refractivity contribution in [3.63, 3.8) is 0 Å². The number of hydrogen-bond donors (Lipinski definition) is 2. The summed E-state index contributed by atoms with van der Waals surface area (Å²) in [6.07, 6.45) is 0. The molecule has 0 radical (unpaired) electrons. The minimum atomic E-state index is -0.145. The lowest BCUT2D eigenvalue weighted by Crippen LogP contribution is -2.37. The van der Waals surface area contributed by atoms with Crippen LogP contribution < -0.4 is 10.6 Å². The summed E-state index contributed by atoms with van der Waals surface area (Å²) in [5.74, 6) is -0.145. The molecular weight excluding hydrogens is 231 g/mol. The maximum atomic E-state index is 13.1. The fraction of sp³-hybridized carbons (Fsp3) is 0.571. The van der Waals surface area contributed by atoms with Gasteiger partial charge in [-0.05, 0) is 31.0 Å². The van der Waals surface area contributed by atoms with Crippen molar-refractivity contribution in [2.45, 2.75) is 26.4 Å². The van der Waals surface area contributed by atoms with Crippen molar-refractivity contribution in [2.24, 2.45) is 0 Å². The Morgan fingerprint density at radius 1 is 1.39 bits per heavy atom. The van der Waals surface area contributed by atoms with Crippen LogP contribution in [0.25, 0.3) is 0 Å². The van der Waals surface area contributed by atoms with Crippen molar-refractivity contribution in [2.75, 3.05) is 26.8 Å². The maximum Gasteiger partial charge on any atom is 0.126 e. The second-order valence-electron chi connectivity index (χ2n) is 4.56. The molecule has 3 nitrogen and oxygen atoms in total. The lowest BCUT2D eigenvalue weighted by molar-refractivity contribution is 0.198. The predicted octanol–water partition coefficient (Wildman–Crippen LogP) is 1.85. The van der Waals surface area contributed by atoms with Gasteiger partial charge in [0, 0.05) is 32.8 Å². The minimum absolute atomic E-state index is 0.145. The molecule has 0 bridgehead atoms. The summed E-state index contributed by atoms with van der Waals surface area (Å²) in [6, 6.07) is 5.59. The zero-order valence-corrected chi connectivity index (χ0v) is 11.4. The van der Waals surface area contributed by atoms with E-state index in [0.717, 1.165) is 31.8 Å². The highest BCUT2D eigenvalue weighted by Gasteiger charge is 2.02. The number of nitrogens with one attached hydrogen (secondary N) is 2. The first-order valence-corrected chi connectivity index (χ1v) is 6.31. The summed E-state index contributed by atoms with van der Waals surface area (Å²) in [6.45, 7) is 7.14. The molecule has 4 heteroatoms. The summed E-state index contributed by atoms with van der Waals surface area (Å²) in [5, 5.41) is 6.69. The smallest absolute Gasteiger partial charge is 0.126 e. The molecule has 0 spiro atoms. The van der Waals surface area contributed by atoms with Crippen molar-refractivity contribution in [3.8, 4) is 0 Å². The Hall–Kier alpha value is -0.970. The minimum Gasteiger partial charge on any atom is -0.383 e. The third-order valence-electron chi connectivity index (χ3n) is 2.81. The number of aryl methyl sites for hydroxylation is 1. The van der Waals surface area contributed by atoms with E-state index in [1.54, 1.807) is 14.0 Å². The zero-order valence-electron chi connectivity index (χ0n) is 11.4. The largest absolute Gasteiger partial charge is 0.383 e. The highest BCUT2D eigenvalue weighted by Crippen LogP contribution is 2.08. The third kappa shape index (κ3) is 5.58. The standard InChI is InChI=1S/C14H23FN2O/c1-11-8-13(4-5-14(11)15)10-17-12(2)9-16-6-7-18-3/h4-5,8,12,16-17H,6-7,9-10H2,1-3H3. The molecule has 18 heavy (non-hydrogen) atoms. The number of benzene rings is 1. The zero-order chi connectivity index (χ0) is 13.4. The average molecular weight is 254 g/mol. The highest BCUT2D eigenvalue weighted by atomic mass is 19.1. The van der Waals surface area contributed by atoms with Crippen LogP contribution >= 0.6 is 0 Å². The summed E-state index contributed by atoms with van der Waals surface area (Å²) in [7, 11) is 1.69. The molecule has 1 unspecified atom stereocenters. The van der Waals surface area contributed by atoms with Gasteiger partial charge in [-0.2, -0.15) is 0 Å². The Balaban J connectivity index is 2.24. The summed E-state index contributed by atoms with van der Waals surface area (Å²) < 4.78 is 18.1. The van der Waals surface area contributed by atoms with Gasteiger partial charge >= 0.3 is 0 Å². The molecule has 1 aromatic rings. The van der Waals surface area contributed by atoms with Crippen molar-refractivity contribution < 1.29 is 9.13 Å². The normalized spacial score (nSPS) is 12.7. The number of methoxy groups -OCH3 is 1. The quantitative estimate of drug-likeness (QED) is 0.695. The third-order valence-corrected chi connectivity index (χ3v) is 2.81. The van der Waals surface area contributed by atoms with Gasteiger partial charge in [0.1, 0.15) is 5.82 Å². The molecule has 1 aromatic carbocycles. The monoisotopic (exact) mass is 254 g/mol. The lowest BCUT2D eigenvalue weighted by atomic mass is 10.1. The van der Waals surface area contributed by atoms with E-state index in [4.69, 9.17) is 4.74 Å². The number of ether oxygens (including phenoxy) is 1. The first-order chi connectivity index (χ1) is 8.63. The van der Waals surface area contributed by atoms with E-state index < -0.39 is 0 Å². The number of hydrogen-bond acceptors (Lipinski definition) is 3. The summed E-state index contributed by atoms with van der Waals surface area (Å²) >= 11 is 0. The Morgan fingerprint density at radius 2 is 2.17 bits per heavy atom. The molecule has 1 atom stereocenters. The van der Waals surface area contributed by atoms with Crippen LogP contribution in [0.4, 0.5) is 4.39 Å². The van der Waals surface area contributed by atoms with Crippen molar-refractivity contribution in [1.29, 1.82) is 0 Å². The Morgan fingerprint density at radius 3 is 2.83 bits per heavy atom. The van der Waals surface area contributed by atoms with Crippen LogP contribution in [0.3, 0.4) is 0 Å². The molecule has 2 N–H and O–H groups in total. The van der Waals surface area contributed by atoms with Crippen molar-refractivity contribution >= 4 is 0 Å². The van der Waals surface area contributed by atoms with Gasteiger partial charge in [-0.3, -0.25) is 0 Å². The van der Waals surface area contributed by atoms with E-state index in [1.165, 1.54) is 6.07 Å². The van der Waals surface area contributed by atoms with Gasteiger partial charge in [0.15, 0.2) is 0 Å². The van der Waals surface area contributed by atoms with Crippen LogP contribution in [0.5, 0.6) is 0 Å². The molecule has 0 aromatic heterocycles. The molecule has 0 heterocycles. The van der Waals surface area contributed by atoms with Gasteiger partial charge in [0.05, 0.1) is 6.61 Å². The predicted molar refractivity (Wildman–Crippen MR) is 72.2 cm³/mol. The summed E-state index contributed by atoms with van der Waals surface area (Å²) in [4.78, 5) is 0. The van der Waals surface area contributed by atoms with E-state index >= 15 is 0 Å². The van der Waals surface area contributed by atoms with E-state index in [1.807, 2.05) is 12.1 Å². The van der Waals surface area contributed by atoms with E-state index in [0.29, 0.717) is 11.6 Å². The van der Waals surface area contributed by atoms with Crippen molar-refractivity contribution in [1.82, 2.24) is 10.6 Å². The van der Waals surface area contributed by atoms with Gasteiger partial charge in [-0.25, -0.2) is 4.39 Å². The second-order valence-corrected chi connectivity index (χ2v) is 4.56. The molecule has 0 saturated heterocycles. The van der Waals surface area contributed by atoms with Crippen LogP contribution in [0.2, 0.25) is 0 Å². The fourth-order valence-corrected chi connectivity index (χ4v) is 1.67.